The molecule has 0 aromatic carbocycles. The number of carbonyl (C=O) groups is 1. The minimum Gasteiger partial charge on any atom is -0.333 e. The van der Waals surface area contributed by atoms with Crippen LogP contribution in [0.15, 0.2) is 0 Å². The van der Waals surface area contributed by atoms with Crippen LogP contribution in [0.4, 0.5) is 4.79 Å². The number of rotatable bonds is 1. The van der Waals surface area contributed by atoms with E-state index in [1.165, 1.54) is 57.8 Å². The van der Waals surface area contributed by atoms with E-state index in [-0.39, 0.29) is 11.6 Å². The third-order valence-corrected chi connectivity index (χ3v) is 6.64. The average molecular weight is 290 g/mol. The number of nitrogens with zero attached hydrogens (tertiary/aromatic N) is 1. The van der Waals surface area contributed by atoms with E-state index in [0.29, 0.717) is 10.8 Å². The molecule has 5 aliphatic rings. The van der Waals surface area contributed by atoms with Crippen LogP contribution < -0.4 is 5.32 Å². The third kappa shape index (κ3) is 2.37. The smallest absolute Gasteiger partial charge is 0.317 e. The molecule has 0 aromatic heterocycles. The fraction of sp³-hybridized carbons (Fsp3) is 0.944. The number of amides is 2. The molecule has 118 valence electrons. The standard InChI is InChI=1S/C18H30N2O/c1-16-8-14-9-17(2,11-16)13-18(10-14,12-16)19-15(21)20-6-4-3-5-7-20/h14H,3-13H2,1-2H3,(H,19,21). The van der Waals surface area contributed by atoms with Crippen molar-refractivity contribution in [3.63, 3.8) is 0 Å². The van der Waals surface area contributed by atoms with E-state index in [4.69, 9.17) is 0 Å². The Bertz CT molecular complexity index is 436. The Hall–Kier alpha value is -0.730. The summed E-state index contributed by atoms with van der Waals surface area (Å²) in [4.78, 5) is 14.8. The first-order chi connectivity index (χ1) is 9.90. The molecule has 1 saturated heterocycles. The summed E-state index contributed by atoms with van der Waals surface area (Å²) in [6, 6.07) is 0.226. The van der Waals surface area contributed by atoms with Gasteiger partial charge in [0.25, 0.3) is 0 Å². The molecule has 21 heavy (non-hydrogen) atoms. The van der Waals surface area contributed by atoms with Crippen molar-refractivity contribution in [2.45, 2.75) is 77.2 Å². The lowest BCUT2D eigenvalue weighted by Crippen LogP contribution is -2.66. The molecule has 4 aliphatic carbocycles. The highest BCUT2D eigenvalue weighted by atomic mass is 16.2. The summed E-state index contributed by atoms with van der Waals surface area (Å²) in [6.07, 6.45) is 11.5. The molecule has 0 radical (unpaired) electrons. The quantitative estimate of drug-likeness (QED) is 0.779. The first-order valence-corrected chi connectivity index (χ1v) is 8.97. The SMILES string of the molecule is CC12CC3CC(C)(C1)CC(NC(=O)N1CCCCC1)(C3)C2. The largest absolute Gasteiger partial charge is 0.333 e. The molecule has 3 nitrogen and oxygen atoms in total. The van der Waals surface area contributed by atoms with E-state index in [1.54, 1.807) is 0 Å². The first-order valence-electron chi connectivity index (χ1n) is 8.97. The van der Waals surface area contributed by atoms with Crippen molar-refractivity contribution in [2.75, 3.05) is 13.1 Å². The Labute approximate surface area is 128 Å². The molecule has 5 rings (SSSR count). The highest BCUT2D eigenvalue weighted by Gasteiger charge is 2.60. The molecule has 4 bridgehead atoms. The summed E-state index contributed by atoms with van der Waals surface area (Å²) in [5.41, 5.74) is 1.06. The van der Waals surface area contributed by atoms with Gasteiger partial charge in [-0.25, -0.2) is 4.79 Å². The lowest BCUT2D eigenvalue weighted by atomic mass is 9.43. The topological polar surface area (TPSA) is 32.3 Å². The minimum atomic E-state index is 0.109. The Morgan fingerprint density at radius 2 is 1.57 bits per heavy atom. The Kier molecular flexibility index (Phi) is 2.91. The number of urea groups is 1. The lowest BCUT2D eigenvalue weighted by Gasteiger charge is -2.65. The molecule has 1 N–H and O–H groups in total. The summed E-state index contributed by atoms with van der Waals surface area (Å²) in [7, 11) is 0. The molecule has 4 saturated carbocycles. The monoisotopic (exact) mass is 290 g/mol. The van der Waals surface area contributed by atoms with Crippen LogP contribution in [-0.2, 0) is 0 Å². The van der Waals surface area contributed by atoms with Crippen LogP contribution >= 0.6 is 0 Å². The molecule has 1 heterocycles. The molecule has 5 fully saturated rings. The van der Waals surface area contributed by atoms with Gasteiger partial charge in [-0.3, -0.25) is 0 Å². The number of hydrogen-bond acceptors (Lipinski definition) is 1. The van der Waals surface area contributed by atoms with Crippen LogP contribution in [0, 0.1) is 16.7 Å². The number of nitrogens with one attached hydrogen (secondary N) is 1. The van der Waals surface area contributed by atoms with Crippen molar-refractivity contribution in [1.82, 2.24) is 10.2 Å². The Morgan fingerprint density at radius 1 is 0.952 bits per heavy atom. The molecule has 2 atom stereocenters. The van der Waals surface area contributed by atoms with Crippen LogP contribution in [0.1, 0.15) is 71.6 Å². The second kappa shape index (κ2) is 4.39. The van der Waals surface area contributed by atoms with Crippen LogP contribution in [-0.4, -0.2) is 29.6 Å². The molecule has 1 aliphatic heterocycles. The van der Waals surface area contributed by atoms with Crippen LogP contribution in [0.25, 0.3) is 0 Å². The van der Waals surface area contributed by atoms with Gasteiger partial charge in [0.1, 0.15) is 0 Å². The normalized spacial score (nSPS) is 48.5. The van der Waals surface area contributed by atoms with E-state index >= 15 is 0 Å². The molecule has 0 aromatic rings. The summed E-state index contributed by atoms with van der Waals surface area (Å²) < 4.78 is 0. The number of hydrogen-bond donors (Lipinski definition) is 1. The Morgan fingerprint density at radius 3 is 2.14 bits per heavy atom. The zero-order chi connectivity index (χ0) is 14.7. The summed E-state index contributed by atoms with van der Waals surface area (Å²) in [6.45, 7) is 6.86. The van der Waals surface area contributed by atoms with Crippen LogP contribution in [0.3, 0.4) is 0 Å². The van der Waals surface area contributed by atoms with Gasteiger partial charge < -0.3 is 10.2 Å². The maximum atomic E-state index is 12.7. The lowest BCUT2D eigenvalue weighted by molar-refractivity contribution is -0.114. The predicted octanol–water partition coefficient (Wildman–Crippen LogP) is 3.93. The van der Waals surface area contributed by atoms with E-state index < -0.39 is 0 Å². The minimum absolute atomic E-state index is 0.109. The number of likely N-dealkylation sites (tertiary alicyclic amines) is 1. The molecular weight excluding hydrogens is 260 g/mol. The maximum Gasteiger partial charge on any atom is 0.317 e. The van der Waals surface area contributed by atoms with Crippen molar-refractivity contribution < 1.29 is 4.79 Å². The van der Waals surface area contributed by atoms with Gasteiger partial charge in [0.2, 0.25) is 0 Å². The second-order valence-corrected chi connectivity index (χ2v) is 9.39. The van der Waals surface area contributed by atoms with Crippen molar-refractivity contribution in [3.05, 3.63) is 0 Å². The second-order valence-electron chi connectivity index (χ2n) is 9.39. The van der Waals surface area contributed by atoms with E-state index in [0.717, 1.165) is 19.0 Å². The number of piperidine rings is 1. The van der Waals surface area contributed by atoms with Gasteiger partial charge in [0.15, 0.2) is 0 Å². The van der Waals surface area contributed by atoms with Gasteiger partial charge in [-0.05, 0) is 74.5 Å². The zero-order valence-electron chi connectivity index (χ0n) is 13.7. The van der Waals surface area contributed by atoms with Crippen molar-refractivity contribution in [2.24, 2.45) is 16.7 Å². The van der Waals surface area contributed by atoms with Gasteiger partial charge in [0, 0.05) is 18.6 Å². The van der Waals surface area contributed by atoms with Crippen molar-refractivity contribution in [1.29, 1.82) is 0 Å². The molecular formula is C18H30N2O. The summed E-state index contributed by atoms with van der Waals surface area (Å²) in [5, 5.41) is 3.53. The molecule has 3 heteroatoms. The first kappa shape index (κ1) is 13.9. The van der Waals surface area contributed by atoms with Crippen molar-refractivity contribution >= 4 is 6.03 Å². The maximum absolute atomic E-state index is 12.7. The van der Waals surface area contributed by atoms with E-state index in [1.807, 2.05) is 0 Å². The summed E-state index contributed by atoms with van der Waals surface area (Å²) >= 11 is 0. The fourth-order valence-corrected chi connectivity index (χ4v) is 6.99. The summed E-state index contributed by atoms with van der Waals surface area (Å²) in [5.74, 6) is 0.845. The predicted molar refractivity (Wildman–Crippen MR) is 84.1 cm³/mol. The van der Waals surface area contributed by atoms with Gasteiger partial charge in [-0.1, -0.05) is 13.8 Å². The fourth-order valence-electron chi connectivity index (χ4n) is 6.99. The van der Waals surface area contributed by atoms with Gasteiger partial charge in [-0.15, -0.1) is 0 Å². The van der Waals surface area contributed by atoms with Gasteiger partial charge in [0.05, 0.1) is 0 Å². The van der Waals surface area contributed by atoms with E-state index in [9.17, 15) is 4.79 Å². The molecule has 2 amide bonds. The average Bonchev–Trinajstić information content (AvgIpc) is 2.34. The Balaban J connectivity index is 1.52. The van der Waals surface area contributed by atoms with Gasteiger partial charge in [-0.2, -0.15) is 0 Å². The third-order valence-electron chi connectivity index (χ3n) is 6.64. The van der Waals surface area contributed by atoms with Crippen LogP contribution in [0.2, 0.25) is 0 Å². The van der Waals surface area contributed by atoms with Crippen LogP contribution in [0.5, 0.6) is 0 Å². The van der Waals surface area contributed by atoms with Crippen molar-refractivity contribution in [3.8, 4) is 0 Å². The highest BCUT2D eigenvalue weighted by molar-refractivity contribution is 5.75. The number of carbonyl (C=O) groups excluding carboxylic acids is 1. The van der Waals surface area contributed by atoms with Gasteiger partial charge >= 0.3 is 6.03 Å². The van der Waals surface area contributed by atoms with E-state index in [2.05, 4.69) is 24.1 Å². The highest BCUT2D eigenvalue weighted by Crippen LogP contribution is 2.66. The zero-order valence-corrected chi connectivity index (χ0v) is 13.7. The molecule has 2 unspecified atom stereocenters. The molecule has 0 spiro atoms.